The Kier molecular flexibility index (Phi) is 6.42. The Bertz CT molecular complexity index is 532. The lowest BCUT2D eigenvalue weighted by molar-refractivity contribution is 0.480. The molecule has 1 unspecified atom stereocenters. The third-order valence-electron chi connectivity index (χ3n) is 3.11. The Morgan fingerprint density at radius 1 is 1.25 bits per heavy atom. The molecular formula is C14H23FN2O2S. The summed E-state index contributed by atoms with van der Waals surface area (Å²) < 4.78 is 40.8. The second kappa shape index (κ2) is 7.59. The second-order valence-electron chi connectivity index (χ2n) is 4.94. The molecule has 20 heavy (non-hydrogen) atoms. The monoisotopic (exact) mass is 302 g/mol. The molecule has 0 spiro atoms. The molecule has 0 amide bonds. The number of rotatable bonds is 8. The van der Waals surface area contributed by atoms with Crippen molar-refractivity contribution in [2.45, 2.75) is 56.9 Å². The van der Waals surface area contributed by atoms with Crippen LogP contribution >= 0.6 is 0 Å². The van der Waals surface area contributed by atoms with E-state index in [0.29, 0.717) is 0 Å². The summed E-state index contributed by atoms with van der Waals surface area (Å²) in [5.74, 6) is -0.780. The SMILES string of the molecule is CCCCC(CCC)NS(=O)(=O)c1cc(N)ccc1F. The van der Waals surface area contributed by atoms with Crippen molar-refractivity contribution >= 4 is 15.7 Å². The van der Waals surface area contributed by atoms with Crippen LogP contribution in [0.1, 0.15) is 46.0 Å². The number of hydrogen-bond acceptors (Lipinski definition) is 3. The Labute approximate surface area is 120 Å². The molecule has 0 fully saturated rings. The van der Waals surface area contributed by atoms with Crippen molar-refractivity contribution in [2.24, 2.45) is 0 Å². The van der Waals surface area contributed by atoms with E-state index < -0.39 is 15.8 Å². The fourth-order valence-electron chi connectivity index (χ4n) is 2.07. The first kappa shape index (κ1) is 16.9. The predicted octanol–water partition coefficient (Wildman–Crippen LogP) is 3.05. The number of nitrogen functional groups attached to an aromatic ring is 1. The molecule has 6 heteroatoms. The Hall–Kier alpha value is -1.14. The molecule has 0 aliphatic heterocycles. The minimum Gasteiger partial charge on any atom is -0.399 e. The van der Waals surface area contributed by atoms with Crippen molar-refractivity contribution in [2.75, 3.05) is 5.73 Å². The molecule has 1 rings (SSSR count). The van der Waals surface area contributed by atoms with Crippen molar-refractivity contribution in [3.8, 4) is 0 Å². The molecule has 0 saturated carbocycles. The quantitative estimate of drug-likeness (QED) is 0.725. The molecule has 0 saturated heterocycles. The van der Waals surface area contributed by atoms with Crippen molar-refractivity contribution in [1.82, 2.24) is 4.72 Å². The van der Waals surface area contributed by atoms with Gasteiger partial charge in [0, 0.05) is 11.7 Å². The van der Waals surface area contributed by atoms with E-state index in [1.165, 1.54) is 6.07 Å². The van der Waals surface area contributed by atoms with Crippen LogP contribution in [0, 0.1) is 5.82 Å². The topological polar surface area (TPSA) is 72.2 Å². The fourth-order valence-corrected chi connectivity index (χ4v) is 3.49. The number of hydrogen-bond donors (Lipinski definition) is 2. The third-order valence-corrected chi connectivity index (χ3v) is 4.65. The summed E-state index contributed by atoms with van der Waals surface area (Å²) in [6.45, 7) is 4.05. The van der Waals surface area contributed by atoms with Gasteiger partial charge in [0.2, 0.25) is 10.0 Å². The highest BCUT2D eigenvalue weighted by atomic mass is 32.2. The summed E-state index contributed by atoms with van der Waals surface area (Å²) in [6, 6.07) is 3.41. The van der Waals surface area contributed by atoms with Gasteiger partial charge >= 0.3 is 0 Å². The number of sulfonamides is 1. The van der Waals surface area contributed by atoms with Crippen LogP contribution in [0.4, 0.5) is 10.1 Å². The number of unbranched alkanes of at least 4 members (excludes halogenated alkanes) is 1. The van der Waals surface area contributed by atoms with Gasteiger partial charge in [0.25, 0.3) is 0 Å². The van der Waals surface area contributed by atoms with Gasteiger partial charge in [-0.2, -0.15) is 0 Å². The minimum atomic E-state index is -3.87. The van der Waals surface area contributed by atoms with E-state index in [1.807, 2.05) is 6.92 Å². The van der Waals surface area contributed by atoms with Crippen LogP contribution in [0.5, 0.6) is 0 Å². The second-order valence-corrected chi connectivity index (χ2v) is 6.62. The zero-order chi connectivity index (χ0) is 15.2. The maximum Gasteiger partial charge on any atom is 0.243 e. The molecule has 0 aliphatic rings. The summed E-state index contributed by atoms with van der Waals surface area (Å²) in [7, 11) is -3.87. The highest BCUT2D eigenvalue weighted by Crippen LogP contribution is 2.19. The standard InChI is InChI=1S/C14H23FN2O2S/c1-3-5-7-12(6-4-2)17-20(18,19)14-10-11(16)8-9-13(14)15/h8-10,12,17H,3-7,16H2,1-2H3. The first-order valence-electron chi connectivity index (χ1n) is 6.98. The van der Waals surface area contributed by atoms with Crippen LogP contribution < -0.4 is 10.5 Å². The van der Waals surface area contributed by atoms with Crippen LogP contribution in [-0.4, -0.2) is 14.5 Å². The maximum absolute atomic E-state index is 13.7. The fraction of sp³-hybridized carbons (Fsp3) is 0.571. The lowest BCUT2D eigenvalue weighted by atomic mass is 10.1. The average Bonchev–Trinajstić information content (AvgIpc) is 2.38. The van der Waals surface area contributed by atoms with Gasteiger partial charge in [0.1, 0.15) is 10.7 Å². The smallest absolute Gasteiger partial charge is 0.243 e. The Balaban J connectivity index is 2.93. The highest BCUT2D eigenvalue weighted by Gasteiger charge is 2.22. The van der Waals surface area contributed by atoms with Crippen molar-refractivity contribution in [3.05, 3.63) is 24.0 Å². The normalized spacial score (nSPS) is 13.3. The van der Waals surface area contributed by atoms with Gasteiger partial charge in [0.05, 0.1) is 0 Å². The average molecular weight is 302 g/mol. The number of nitrogens with two attached hydrogens (primary N) is 1. The minimum absolute atomic E-state index is 0.161. The van der Waals surface area contributed by atoms with E-state index in [-0.39, 0.29) is 16.6 Å². The first-order chi connectivity index (χ1) is 9.40. The zero-order valence-electron chi connectivity index (χ0n) is 12.0. The predicted molar refractivity (Wildman–Crippen MR) is 79.4 cm³/mol. The van der Waals surface area contributed by atoms with Crippen LogP contribution in [0.25, 0.3) is 0 Å². The van der Waals surface area contributed by atoms with Gasteiger partial charge < -0.3 is 5.73 Å². The van der Waals surface area contributed by atoms with Crippen molar-refractivity contribution in [3.63, 3.8) is 0 Å². The molecule has 0 bridgehead atoms. The van der Waals surface area contributed by atoms with E-state index in [4.69, 9.17) is 5.73 Å². The van der Waals surface area contributed by atoms with E-state index in [1.54, 1.807) is 0 Å². The summed E-state index contributed by atoms with van der Waals surface area (Å²) in [6.07, 6.45) is 4.30. The van der Waals surface area contributed by atoms with Gasteiger partial charge in [-0.3, -0.25) is 0 Å². The molecule has 3 N–H and O–H groups in total. The molecule has 4 nitrogen and oxygen atoms in total. The number of nitrogens with one attached hydrogen (secondary N) is 1. The zero-order valence-corrected chi connectivity index (χ0v) is 12.8. The maximum atomic E-state index is 13.7. The highest BCUT2D eigenvalue weighted by molar-refractivity contribution is 7.89. The number of benzene rings is 1. The molecule has 1 atom stereocenters. The van der Waals surface area contributed by atoms with Gasteiger partial charge in [-0.1, -0.05) is 33.1 Å². The molecule has 0 aliphatic carbocycles. The molecule has 0 radical (unpaired) electrons. The van der Waals surface area contributed by atoms with E-state index in [9.17, 15) is 12.8 Å². The Morgan fingerprint density at radius 3 is 2.55 bits per heavy atom. The van der Waals surface area contributed by atoms with Gasteiger partial charge in [-0.15, -0.1) is 0 Å². The van der Waals surface area contributed by atoms with E-state index in [2.05, 4.69) is 11.6 Å². The molecule has 1 aromatic carbocycles. The molecule has 1 aromatic rings. The van der Waals surface area contributed by atoms with Crippen molar-refractivity contribution in [1.29, 1.82) is 0 Å². The summed E-state index contributed by atoms with van der Waals surface area (Å²) in [5.41, 5.74) is 5.76. The lowest BCUT2D eigenvalue weighted by Gasteiger charge is -2.18. The van der Waals surface area contributed by atoms with E-state index >= 15 is 0 Å². The van der Waals surface area contributed by atoms with E-state index in [0.717, 1.165) is 44.2 Å². The lowest BCUT2D eigenvalue weighted by Crippen LogP contribution is -2.35. The van der Waals surface area contributed by atoms with Crippen LogP contribution in [-0.2, 0) is 10.0 Å². The number of halogens is 1. The number of anilines is 1. The van der Waals surface area contributed by atoms with Gasteiger partial charge in [-0.05, 0) is 31.0 Å². The first-order valence-corrected chi connectivity index (χ1v) is 8.46. The van der Waals surface area contributed by atoms with Crippen LogP contribution in [0.3, 0.4) is 0 Å². The summed E-state index contributed by atoms with van der Waals surface area (Å²) in [4.78, 5) is -0.380. The largest absolute Gasteiger partial charge is 0.399 e. The van der Waals surface area contributed by atoms with Crippen molar-refractivity contribution < 1.29 is 12.8 Å². The molecule has 0 heterocycles. The van der Waals surface area contributed by atoms with Crippen LogP contribution in [0.2, 0.25) is 0 Å². The summed E-state index contributed by atoms with van der Waals surface area (Å²) in [5, 5.41) is 0. The summed E-state index contributed by atoms with van der Waals surface area (Å²) >= 11 is 0. The van der Waals surface area contributed by atoms with Gasteiger partial charge in [0.15, 0.2) is 0 Å². The van der Waals surface area contributed by atoms with Gasteiger partial charge in [-0.25, -0.2) is 17.5 Å². The molecule has 0 aromatic heterocycles. The van der Waals surface area contributed by atoms with Crippen LogP contribution in [0.15, 0.2) is 23.1 Å². The molecule has 114 valence electrons. The third kappa shape index (κ3) is 4.76. The Morgan fingerprint density at radius 2 is 1.95 bits per heavy atom. The molecular weight excluding hydrogens is 279 g/mol.